The van der Waals surface area contributed by atoms with E-state index in [1.165, 1.54) is 7.11 Å². The second kappa shape index (κ2) is 5.39. The van der Waals surface area contributed by atoms with Crippen LogP contribution in [-0.2, 0) is 14.3 Å². The Balaban J connectivity index is 2.85. The number of methoxy groups -OCH3 is 1. The average Bonchev–Trinajstić information content (AvgIpc) is 2.31. The van der Waals surface area contributed by atoms with E-state index in [1.54, 1.807) is 18.2 Å². The lowest BCUT2D eigenvalue weighted by atomic mass is 10.0. The number of ketones is 2. The van der Waals surface area contributed by atoms with Crippen LogP contribution in [-0.4, -0.2) is 24.6 Å². The summed E-state index contributed by atoms with van der Waals surface area (Å²) in [7, 11) is 1.18. The lowest BCUT2D eigenvalue weighted by Crippen LogP contribution is -2.19. The number of ether oxygens (including phenoxy) is 1. The van der Waals surface area contributed by atoms with Gasteiger partial charge in [0, 0.05) is 5.56 Å². The maximum absolute atomic E-state index is 11.7. The Morgan fingerprint density at radius 1 is 1.12 bits per heavy atom. The van der Waals surface area contributed by atoms with E-state index in [0.29, 0.717) is 5.56 Å². The van der Waals surface area contributed by atoms with Crippen molar-refractivity contribution in [2.24, 2.45) is 0 Å². The number of benzene rings is 1. The quantitative estimate of drug-likeness (QED) is 0.344. The minimum absolute atomic E-state index is 0.307. The van der Waals surface area contributed by atoms with Gasteiger partial charge in [-0.05, 0) is 31.0 Å². The van der Waals surface area contributed by atoms with Gasteiger partial charge in [0.25, 0.3) is 0 Å². The van der Waals surface area contributed by atoms with Crippen LogP contribution in [0.2, 0.25) is 0 Å². The van der Waals surface area contributed by atoms with E-state index < -0.39 is 24.0 Å². The highest BCUT2D eigenvalue weighted by atomic mass is 16.5. The van der Waals surface area contributed by atoms with Gasteiger partial charge in [-0.2, -0.15) is 0 Å². The standard InChI is InChI=1S/C13H14O4/c1-8-4-5-10(6-9(8)2)13(16)11(14)7-12(15)17-3/h4-6H,7H2,1-3H3. The summed E-state index contributed by atoms with van der Waals surface area (Å²) in [5.74, 6) is -2.11. The van der Waals surface area contributed by atoms with E-state index in [9.17, 15) is 14.4 Å². The number of rotatable bonds is 4. The number of aryl methyl sites for hydroxylation is 2. The molecule has 0 atom stereocenters. The van der Waals surface area contributed by atoms with Crippen LogP contribution in [0.25, 0.3) is 0 Å². The molecule has 0 radical (unpaired) electrons. The van der Waals surface area contributed by atoms with Crippen LogP contribution in [0.4, 0.5) is 0 Å². The van der Waals surface area contributed by atoms with Crippen LogP contribution in [0.5, 0.6) is 0 Å². The first-order valence-electron chi connectivity index (χ1n) is 5.17. The third-order valence-electron chi connectivity index (χ3n) is 2.55. The fourth-order valence-electron chi connectivity index (χ4n) is 1.33. The Bertz CT molecular complexity index is 474. The summed E-state index contributed by atoms with van der Waals surface area (Å²) >= 11 is 0. The normalized spacial score (nSPS) is 9.82. The molecule has 17 heavy (non-hydrogen) atoms. The molecular formula is C13H14O4. The van der Waals surface area contributed by atoms with Gasteiger partial charge < -0.3 is 4.74 Å². The Morgan fingerprint density at radius 2 is 1.76 bits per heavy atom. The molecule has 1 aromatic rings. The summed E-state index contributed by atoms with van der Waals surface area (Å²) in [6.45, 7) is 3.77. The lowest BCUT2D eigenvalue weighted by molar-refractivity contribution is -0.142. The summed E-state index contributed by atoms with van der Waals surface area (Å²) in [5, 5.41) is 0. The maximum atomic E-state index is 11.7. The summed E-state index contributed by atoms with van der Waals surface area (Å²) in [5.41, 5.74) is 2.28. The van der Waals surface area contributed by atoms with E-state index in [1.807, 2.05) is 13.8 Å². The predicted molar refractivity (Wildman–Crippen MR) is 61.9 cm³/mol. The molecular weight excluding hydrogens is 220 g/mol. The molecule has 0 amide bonds. The molecule has 0 saturated carbocycles. The Morgan fingerprint density at radius 3 is 2.29 bits per heavy atom. The molecule has 90 valence electrons. The van der Waals surface area contributed by atoms with Gasteiger partial charge in [-0.1, -0.05) is 12.1 Å². The fraction of sp³-hybridized carbons (Fsp3) is 0.308. The maximum Gasteiger partial charge on any atom is 0.313 e. The highest BCUT2D eigenvalue weighted by Gasteiger charge is 2.20. The second-order valence-corrected chi connectivity index (χ2v) is 3.80. The molecule has 1 rings (SSSR count). The first kappa shape index (κ1) is 13.1. The molecule has 0 aliphatic heterocycles. The van der Waals surface area contributed by atoms with Crippen LogP contribution in [0, 0.1) is 13.8 Å². The largest absolute Gasteiger partial charge is 0.469 e. The highest BCUT2D eigenvalue weighted by molar-refractivity contribution is 6.45. The number of carbonyl (C=O) groups excluding carboxylic acids is 3. The smallest absolute Gasteiger partial charge is 0.313 e. The molecule has 0 saturated heterocycles. The topological polar surface area (TPSA) is 60.4 Å². The third-order valence-corrected chi connectivity index (χ3v) is 2.55. The van der Waals surface area contributed by atoms with Crippen molar-refractivity contribution in [1.29, 1.82) is 0 Å². The van der Waals surface area contributed by atoms with Crippen LogP contribution in [0.15, 0.2) is 18.2 Å². The number of esters is 1. The first-order valence-corrected chi connectivity index (χ1v) is 5.17. The molecule has 0 spiro atoms. The van der Waals surface area contributed by atoms with Gasteiger partial charge >= 0.3 is 5.97 Å². The van der Waals surface area contributed by atoms with Crippen molar-refractivity contribution in [3.05, 3.63) is 34.9 Å². The van der Waals surface area contributed by atoms with Crippen LogP contribution < -0.4 is 0 Å². The van der Waals surface area contributed by atoms with Gasteiger partial charge in [0.05, 0.1) is 7.11 Å². The Hall–Kier alpha value is -1.97. The predicted octanol–water partition coefficient (Wildman–Crippen LogP) is 1.62. The zero-order valence-electron chi connectivity index (χ0n) is 10.1. The van der Waals surface area contributed by atoms with E-state index >= 15 is 0 Å². The van der Waals surface area contributed by atoms with Gasteiger partial charge in [0.2, 0.25) is 11.6 Å². The van der Waals surface area contributed by atoms with E-state index in [-0.39, 0.29) is 0 Å². The summed E-state index contributed by atoms with van der Waals surface area (Å²) in [6, 6.07) is 5.00. The zero-order chi connectivity index (χ0) is 13.0. The van der Waals surface area contributed by atoms with E-state index in [4.69, 9.17) is 0 Å². The molecule has 0 bridgehead atoms. The molecule has 0 aliphatic carbocycles. The molecule has 1 aromatic carbocycles. The van der Waals surface area contributed by atoms with Crippen molar-refractivity contribution >= 4 is 17.5 Å². The number of hydrogen-bond donors (Lipinski definition) is 0. The third kappa shape index (κ3) is 3.24. The van der Waals surface area contributed by atoms with Crippen molar-refractivity contribution in [2.75, 3.05) is 7.11 Å². The van der Waals surface area contributed by atoms with Crippen LogP contribution in [0.1, 0.15) is 27.9 Å². The number of Topliss-reactive ketones (excluding diaryl/α,β-unsaturated/α-hetero) is 2. The van der Waals surface area contributed by atoms with Crippen molar-refractivity contribution in [1.82, 2.24) is 0 Å². The minimum Gasteiger partial charge on any atom is -0.469 e. The second-order valence-electron chi connectivity index (χ2n) is 3.80. The van der Waals surface area contributed by atoms with Gasteiger partial charge in [0.15, 0.2) is 0 Å². The van der Waals surface area contributed by atoms with Crippen molar-refractivity contribution in [3.63, 3.8) is 0 Å². The minimum atomic E-state index is -0.750. The van der Waals surface area contributed by atoms with E-state index in [0.717, 1.165) is 11.1 Å². The van der Waals surface area contributed by atoms with Crippen LogP contribution in [0.3, 0.4) is 0 Å². The van der Waals surface area contributed by atoms with Crippen molar-refractivity contribution in [3.8, 4) is 0 Å². The molecule has 0 unspecified atom stereocenters. The number of hydrogen-bond acceptors (Lipinski definition) is 4. The Kier molecular flexibility index (Phi) is 4.15. The van der Waals surface area contributed by atoms with Crippen molar-refractivity contribution in [2.45, 2.75) is 20.3 Å². The molecule has 4 nitrogen and oxygen atoms in total. The molecule has 0 aliphatic rings. The van der Waals surface area contributed by atoms with Crippen molar-refractivity contribution < 1.29 is 19.1 Å². The van der Waals surface area contributed by atoms with Gasteiger partial charge in [-0.25, -0.2) is 0 Å². The summed E-state index contributed by atoms with van der Waals surface area (Å²) in [4.78, 5) is 34.0. The Labute approximate surface area is 99.6 Å². The summed E-state index contributed by atoms with van der Waals surface area (Å²) in [6.07, 6.45) is -0.512. The van der Waals surface area contributed by atoms with E-state index in [2.05, 4.69) is 4.74 Å². The first-order chi connectivity index (χ1) is 7.95. The molecule has 0 aromatic heterocycles. The lowest BCUT2D eigenvalue weighted by Gasteiger charge is -2.03. The molecule has 0 N–H and O–H groups in total. The highest BCUT2D eigenvalue weighted by Crippen LogP contribution is 2.11. The van der Waals surface area contributed by atoms with Gasteiger partial charge in [0.1, 0.15) is 6.42 Å². The van der Waals surface area contributed by atoms with Gasteiger partial charge in [-0.15, -0.1) is 0 Å². The molecule has 0 heterocycles. The monoisotopic (exact) mass is 234 g/mol. The van der Waals surface area contributed by atoms with Gasteiger partial charge in [-0.3, -0.25) is 14.4 Å². The van der Waals surface area contributed by atoms with Crippen LogP contribution >= 0.6 is 0 Å². The average molecular weight is 234 g/mol. The zero-order valence-corrected chi connectivity index (χ0v) is 10.1. The molecule has 0 fully saturated rings. The SMILES string of the molecule is COC(=O)CC(=O)C(=O)c1ccc(C)c(C)c1. The molecule has 4 heteroatoms. The fourth-order valence-corrected chi connectivity index (χ4v) is 1.33. The number of carbonyl (C=O) groups is 3. The summed E-state index contributed by atoms with van der Waals surface area (Å²) < 4.78 is 4.34.